The SMILES string of the molecule is CCCCCCCCCCCCCCCCCCCCCCCCCCCCCCC(O)C(COP(=O)(O)OCC[N+](C)(C)C)NC(=O)CCC. The number of nitrogens with one attached hydrogen (secondary N) is 1. The molecule has 0 radical (unpaired) electrons. The van der Waals surface area contributed by atoms with Crippen molar-refractivity contribution in [1.82, 2.24) is 5.32 Å². The zero-order valence-electron chi connectivity index (χ0n) is 34.6. The van der Waals surface area contributed by atoms with Gasteiger partial charge in [0.25, 0.3) is 0 Å². The van der Waals surface area contributed by atoms with E-state index in [0.717, 1.165) is 19.3 Å². The molecular weight excluding hydrogens is 659 g/mol. The molecule has 3 atom stereocenters. The lowest BCUT2D eigenvalue weighted by atomic mass is 10.0. The number of carbonyl (C=O) groups is 1. The van der Waals surface area contributed by atoms with E-state index >= 15 is 0 Å². The number of amides is 1. The molecule has 0 bridgehead atoms. The molecule has 1 amide bonds. The van der Waals surface area contributed by atoms with E-state index in [1.807, 2.05) is 28.1 Å². The van der Waals surface area contributed by atoms with E-state index in [1.165, 1.54) is 161 Å². The van der Waals surface area contributed by atoms with Gasteiger partial charge >= 0.3 is 7.82 Å². The Bertz CT molecular complexity index is 809. The van der Waals surface area contributed by atoms with Crippen LogP contribution in [0.3, 0.4) is 0 Å². The Kier molecular flexibility index (Phi) is 34.9. The minimum absolute atomic E-state index is 0.0757. The topological polar surface area (TPSA) is 105 Å². The van der Waals surface area contributed by atoms with Crippen molar-refractivity contribution in [3.05, 3.63) is 0 Å². The highest BCUT2D eigenvalue weighted by molar-refractivity contribution is 7.47. The van der Waals surface area contributed by atoms with Crippen LogP contribution in [0.5, 0.6) is 0 Å². The standard InChI is InChI=1S/C42H87N2O6P/c1-6-8-9-10-11-12-13-14-15-16-17-18-19-20-21-22-23-24-25-26-27-28-29-30-31-32-33-34-36-41(45)40(43-42(46)35-7-2)39-50-51(47,48)49-38-37-44(3,4)5/h40-41,45H,6-39H2,1-5H3,(H-,43,46,47,48)/p+1. The fraction of sp³-hybridized carbons (Fsp3) is 0.976. The van der Waals surface area contributed by atoms with Crippen molar-refractivity contribution in [1.29, 1.82) is 0 Å². The van der Waals surface area contributed by atoms with Gasteiger partial charge < -0.3 is 19.8 Å². The lowest BCUT2D eigenvalue weighted by Gasteiger charge is -2.26. The summed E-state index contributed by atoms with van der Waals surface area (Å²) < 4.78 is 23.2. The maximum Gasteiger partial charge on any atom is 0.472 e. The number of carbonyl (C=O) groups excluding carboxylic acids is 1. The zero-order chi connectivity index (χ0) is 37.9. The quantitative estimate of drug-likeness (QED) is 0.0327. The molecule has 0 aliphatic carbocycles. The van der Waals surface area contributed by atoms with E-state index in [-0.39, 0.29) is 19.1 Å². The summed E-state index contributed by atoms with van der Waals surface area (Å²) in [7, 11) is 1.62. The van der Waals surface area contributed by atoms with E-state index in [9.17, 15) is 19.4 Å². The first-order valence-electron chi connectivity index (χ1n) is 21.9. The first-order valence-corrected chi connectivity index (χ1v) is 23.4. The van der Waals surface area contributed by atoms with Crippen LogP contribution in [-0.4, -0.2) is 73.4 Å². The van der Waals surface area contributed by atoms with Crippen LogP contribution in [0, 0.1) is 0 Å². The van der Waals surface area contributed by atoms with Crippen molar-refractivity contribution < 1.29 is 32.9 Å². The summed E-state index contributed by atoms with van der Waals surface area (Å²) in [5.41, 5.74) is 0. The zero-order valence-corrected chi connectivity index (χ0v) is 35.5. The highest BCUT2D eigenvalue weighted by Gasteiger charge is 2.28. The predicted molar refractivity (Wildman–Crippen MR) is 217 cm³/mol. The number of hydrogen-bond acceptors (Lipinski definition) is 5. The van der Waals surface area contributed by atoms with Crippen molar-refractivity contribution >= 4 is 13.7 Å². The van der Waals surface area contributed by atoms with Gasteiger partial charge in [0.15, 0.2) is 0 Å². The van der Waals surface area contributed by atoms with Crippen LogP contribution in [0.15, 0.2) is 0 Å². The van der Waals surface area contributed by atoms with Gasteiger partial charge in [-0.05, 0) is 12.8 Å². The van der Waals surface area contributed by atoms with Gasteiger partial charge in [0.05, 0.1) is 39.9 Å². The summed E-state index contributed by atoms with van der Waals surface area (Å²) in [5.74, 6) is -0.195. The number of quaternary nitrogens is 1. The molecule has 0 saturated carbocycles. The van der Waals surface area contributed by atoms with E-state index in [0.29, 0.717) is 30.3 Å². The fourth-order valence-electron chi connectivity index (χ4n) is 6.62. The molecule has 0 rings (SSSR count). The molecule has 0 saturated heterocycles. The van der Waals surface area contributed by atoms with E-state index in [4.69, 9.17) is 9.05 Å². The fourth-order valence-corrected chi connectivity index (χ4v) is 7.36. The Morgan fingerprint density at radius 2 is 0.941 bits per heavy atom. The molecule has 3 N–H and O–H groups in total. The second-order valence-corrected chi connectivity index (χ2v) is 17.9. The number of hydrogen-bond donors (Lipinski definition) is 3. The molecule has 0 aliphatic rings. The van der Waals surface area contributed by atoms with Gasteiger partial charge in [-0.1, -0.05) is 194 Å². The lowest BCUT2D eigenvalue weighted by Crippen LogP contribution is -2.46. The summed E-state index contributed by atoms with van der Waals surface area (Å²) in [6.07, 6.45) is 38.8. The van der Waals surface area contributed by atoms with Gasteiger partial charge in [-0.3, -0.25) is 13.8 Å². The van der Waals surface area contributed by atoms with Crippen LogP contribution in [-0.2, 0) is 18.4 Å². The van der Waals surface area contributed by atoms with Crippen LogP contribution in [0.25, 0.3) is 0 Å². The Hall–Kier alpha value is -0.500. The van der Waals surface area contributed by atoms with Crippen molar-refractivity contribution in [2.45, 2.75) is 225 Å². The summed E-state index contributed by atoms with van der Waals surface area (Å²) in [6, 6.07) is -0.750. The molecule has 0 heterocycles. The minimum atomic E-state index is -4.28. The number of aliphatic hydroxyl groups is 1. The van der Waals surface area contributed by atoms with Crippen LogP contribution in [0.1, 0.15) is 213 Å². The van der Waals surface area contributed by atoms with Gasteiger partial charge in [0, 0.05) is 6.42 Å². The van der Waals surface area contributed by atoms with E-state index in [1.54, 1.807) is 0 Å². The maximum atomic E-state index is 12.3. The van der Waals surface area contributed by atoms with Crippen molar-refractivity contribution in [3.63, 3.8) is 0 Å². The molecule has 0 aromatic rings. The molecule has 306 valence electrons. The largest absolute Gasteiger partial charge is 0.472 e. The van der Waals surface area contributed by atoms with Crippen LogP contribution in [0.4, 0.5) is 0 Å². The van der Waals surface area contributed by atoms with Gasteiger partial charge in [-0.15, -0.1) is 0 Å². The van der Waals surface area contributed by atoms with Gasteiger partial charge in [0.1, 0.15) is 13.2 Å². The lowest BCUT2D eigenvalue weighted by molar-refractivity contribution is -0.870. The average Bonchev–Trinajstić information content (AvgIpc) is 3.07. The Morgan fingerprint density at radius 1 is 0.588 bits per heavy atom. The van der Waals surface area contributed by atoms with E-state index in [2.05, 4.69) is 12.2 Å². The van der Waals surface area contributed by atoms with Gasteiger partial charge in [-0.2, -0.15) is 0 Å². The summed E-state index contributed by atoms with van der Waals surface area (Å²) in [5, 5.41) is 13.6. The second kappa shape index (κ2) is 35.2. The van der Waals surface area contributed by atoms with Crippen molar-refractivity contribution in [2.24, 2.45) is 0 Å². The minimum Gasteiger partial charge on any atom is -0.391 e. The average molecular weight is 748 g/mol. The molecular formula is C42H88N2O6P+. The van der Waals surface area contributed by atoms with Crippen molar-refractivity contribution in [3.8, 4) is 0 Å². The highest BCUT2D eigenvalue weighted by Crippen LogP contribution is 2.43. The molecule has 0 aromatic heterocycles. The monoisotopic (exact) mass is 748 g/mol. The molecule has 8 nitrogen and oxygen atoms in total. The molecule has 9 heteroatoms. The van der Waals surface area contributed by atoms with Crippen LogP contribution < -0.4 is 5.32 Å². The van der Waals surface area contributed by atoms with Crippen LogP contribution >= 0.6 is 7.82 Å². The van der Waals surface area contributed by atoms with Crippen molar-refractivity contribution in [2.75, 3.05) is 40.9 Å². The number of unbranched alkanes of at least 4 members (excludes halogenated alkanes) is 27. The second-order valence-electron chi connectivity index (χ2n) is 16.4. The number of nitrogens with zero attached hydrogens (tertiary/aromatic N) is 1. The summed E-state index contributed by atoms with van der Waals surface area (Å²) in [4.78, 5) is 22.3. The van der Waals surface area contributed by atoms with Gasteiger partial charge in [-0.25, -0.2) is 4.57 Å². The predicted octanol–water partition coefficient (Wildman–Crippen LogP) is 11.8. The molecule has 51 heavy (non-hydrogen) atoms. The Morgan fingerprint density at radius 3 is 1.27 bits per heavy atom. The van der Waals surface area contributed by atoms with E-state index < -0.39 is 20.0 Å². The first-order chi connectivity index (χ1) is 24.5. The maximum absolute atomic E-state index is 12.3. The first kappa shape index (κ1) is 50.5. The molecule has 0 aliphatic heterocycles. The summed E-state index contributed by atoms with van der Waals surface area (Å²) >= 11 is 0. The Labute approximate surface area is 317 Å². The number of rotatable bonds is 40. The number of phosphoric ester groups is 1. The number of aliphatic hydroxyl groups excluding tert-OH is 1. The van der Waals surface area contributed by atoms with Gasteiger partial charge in [0.2, 0.25) is 5.91 Å². The third kappa shape index (κ3) is 37.6. The van der Waals surface area contributed by atoms with Crippen LogP contribution in [0.2, 0.25) is 0 Å². The number of phosphoric acid groups is 1. The number of likely N-dealkylation sites (N-methyl/N-ethyl adjacent to an activating group) is 1. The molecule has 3 unspecified atom stereocenters. The molecule has 0 fully saturated rings. The molecule has 0 spiro atoms. The third-order valence-corrected chi connectivity index (χ3v) is 11.1. The summed E-state index contributed by atoms with van der Waals surface area (Å²) in [6.45, 7) is 4.56. The third-order valence-electron chi connectivity index (χ3n) is 10.1. The molecule has 0 aromatic carbocycles. The Balaban J connectivity index is 3.69. The smallest absolute Gasteiger partial charge is 0.391 e. The normalized spacial score (nSPS) is 14.4. The highest BCUT2D eigenvalue weighted by atomic mass is 31.2.